The van der Waals surface area contributed by atoms with Gasteiger partial charge in [0.1, 0.15) is 0 Å². The van der Waals surface area contributed by atoms with Gasteiger partial charge in [-0.25, -0.2) is 0 Å². The van der Waals surface area contributed by atoms with E-state index in [2.05, 4.69) is 193 Å². The molecule has 1 nitrogen and oxygen atoms in total. The molecule has 2 aliphatic carbocycles. The number of thioether (sulfide) groups is 1. The lowest BCUT2D eigenvalue weighted by Crippen LogP contribution is -2.06. The molecule has 13 rings (SSSR count). The Bertz CT molecular complexity index is 3480. The monoisotopic (exact) mass is 787 g/mol. The minimum atomic E-state index is 0.435. The normalized spacial score (nSPS) is 16.7. The Balaban J connectivity index is 1.00. The second kappa shape index (κ2) is 13.1. The molecule has 3 heteroatoms. The van der Waals surface area contributed by atoms with E-state index in [0.717, 1.165) is 18.5 Å². The van der Waals surface area contributed by atoms with E-state index >= 15 is 0 Å². The van der Waals surface area contributed by atoms with E-state index in [1.807, 2.05) is 23.1 Å². The first-order valence-corrected chi connectivity index (χ1v) is 22.4. The highest BCUT2D eigenvalue weighted by Gasteiger charge is 2.33. The zero-order valence-electron chi connectivity index (χ0n) is 32.2. The largest absolute Gasteiger partial charge is 0.309 e. The fourth-order valence-corrected chi connectivity index (χ4v) is 13.0. The van der Waals surface area contributed by atoms with Gasteiger partial charge in [0.05, 0.1) is 11.0 Å². The second-order valence-electron chi connectivity index (χ2n) is 16.2. The van der Waals surface area contributed by atoms with E-state index < -0.39 is 0 Å². The third-order valence-corrected chi connectivity index (χ3v) is 15.7. The van der Waals surface area contributed by atoms with Crippen molar-refractivity contribution in [3.05, 3.63) is 198 Å². The average Bonchev–Trinajstić information content (AvgIpc) is 3.98. The maximum absolute atomic E-state index is 2.48. The summed E-state index contributed by atoms with van der Waals surface area (Å²) in [5.74, 6) is 0.435. The van der Waals surface area contributed by atoms with E-state index in [-0.39, 0.29) is 0 Å². The van der Waals surface area contributed by atoms with Gasteiger partial charge in [0.2, 0.25) is 0 Å². The quantitative estimate of drug-likeness (QED) is 0.161. The Kier molecular flexibility index (Phi) is 7.43. The summed E-state index contributed by atoms with van der Waals surface area (Å²) in [7, 11) is 0. The summed E-state index contributed by atoms with van der Waals surface area (Å²) >= 11 is 4.00. The highest BCUT2D eigenvalue weighted by atomic mass is 32.2. The summed E-state index contributed by atoms with van der Waals surface area (Å²) in [5, 5.41) is 9.54. The van der Waals surface area contributed by atoms with Crippen molar-refractivity contribution in [3.8, 4) is 39.1 Å². The molecule has 0 spiro atoms. The molecule has 2 atom stereocenters. The van der Waals surface area contributed by atoms with Gasteiger partial charge in [-0.1, -0.05) is 146 Å². The third-order valence-electron chi connectivity index (χ3n) is 13.0. The Labute approximate surface area is 351 Å². The van der Waals surface area contributed by atoms with Gasteiger partial charge in [-0.15, -0.1) is 23.1 Å². The van der Waals surface area contributed by atoms with Crippen molar-refractivity contribution < 1.29 is 0 Å². The van der Waals surface area contributed by atoms with E-state index in [0.29, 0.717) is 11.2 Å². The molecule has 1 aliphatic heterocycles. The van der Waals surface area contributed by atoms with E-state index in [1.165, 1.54) is 108 Å². The smallest absolute Gasteiger partial charge is 0.0541 e. The molecule has 0 saturated carbocycles. The highest BCUT2D eigenvalue weighted by Crippen LogP contribution is 2.52. The first-order valence-electron chi connectivity index (χ1n) is 20.7. The molecule has 0 bridgehead atoms. The van der Waals surface area contributed by atoms with Crippen LogP contribution in [-0.4, -0.2) is 9.82 Å². The predicted molar refractivity (Wildman–Crippen MR) is 256 cm³/mol. The summed E-state index contributed by atoms with van der Waals surface area (Å²) in [6, 6.07) is 57.3. The minimum Gasteiger partial charge on any atom is -0.309 e. The maximum Gasteiger partial charge on any atom is 0.0541 e. The summed E-state index contributed by atoms with van der Waals surface area (Å²) in [5.41, 5.74) is 14.2. The zero-order chi connectivity index (χ0) is 38.6. The van der Waals surface area contributed by atoms with Crippen LogP contribution in [0.1, 0.15) is 28.3 Å². The highest BCUT2D eigenvalue weighted by molar-refractivity contribution is 8.00. The van der Waals surface area contributed by atoms with Crippen molar-refractivity contribution in [1.82, 2.24) is 4.57 Å². The number of hydrogen-bond donors (Lipinski definition) is 0. The Morgan fingerprint density at radius 2 is 1.22 bits per heavy atom. The molecule has 0 fully saturated rings. The lowest BCUT2D eigenvalue weighted by atomic mass is 9.90. The maximum atomic E-state index is 2.48. The van der Waals surface area contributed by atoms with E-state index in [4.69, 9.17) is 0 Å². The topological polar surface area (TPSA) is 4.93 Å². The molecule has 0 radical (unpaired) electrons. The fourth-order valence-electron chi connectivity index (χ4n) is 10.2. The Hall–Kier alpha value is -6.39. The lowest BCUT2D eigenvalue weighted by Gasteiger charge is -2.14. The zero-order valence-corrected chi connectivity index (χ0v) is 33.9. The first-order chi connectivity index (χ1) is 29.2. The summed E-state index contributed by atoms with van der Waals surface area (Å²) in [6.07, 6.45) is 16.1. The number of hydrogen-bond acceptors (Lipinski definition) is 2. The van der Waals surface area contributed by atoms with Gasteiger partial charge >= 0.3 is 0 Å². The van der Waals surface area contributed by atoms with Crippen LogP contribution in [0.25, 0.3) is 98.6 Å². The molecular formula is C56H37NS2. The van der Waals surface area contributed by atoms with Crippen molar-refractivity contribution in [1.29, 1.82) is 0 Å². The van der Waals surface area contributed by atoms with Crippen LogP contribution in [0, 0.1) is 0 Å². The van der Waals surface area contributed by atoms with Crippen LogP contribution in [0.2, 0.25) is 0 Å². The molecule has 2 aromatic heterocycles. The lowest BCUT2D eigenvalue weighted by molar-refractivity contribution is 0.881. The molecule has 3 aliphatic rings. The number of thiophene rings is 1. The number of rotatable bonds is 4. The van der Waals surface area contributed by atoms with Crippen LogP contribution in [0.3, 0.4) is 0 Å². The number of aryl methyl sites for hydroxylation is 1. The van der Waals surface area contributed by atoms with Gasteiger partial charge in [0.15, 0.2) is 0 Å². The molecule has 8 aromatic carbocycles. The summed E-state index contributed by atoms with van der Waals surface area (Å²) in [6.45, 7) is 0. The van der Waals surface area contributed by atoms with Crippen LogP contribution in [0.15, 0.2) is 187 Å². The van der Waals surface area contributed by atoms with Crippen molar-refractivity contribution >= 4 is 82.6 Å². The second-order valence-corrected chi connectivity index (χ2v) is 18.5. The average molecular weight is 788 g/mol. The SMILES string of the molecule is C1=CC2Sc3c(-c4ccc5c(c4)c4cc(-c6cccc7c8c(sc67)CCC=C8)ccc4n5-c4ccc(-c5cc6ccccc6c6ccccc56)cc4)cccc3C2C=C1. The van der Waals surface area contributed by atoms with Crippen molar-refractivity contribution in [2.45, 2.75) is 28.9 Å². The summed E-state index contributed by atoms with van der Waals surface area (Å²) in [4.78, 5) is 2.93. The van der Waals surface area contributed by atoms with Crippen LogP contribution in [0.4, 0.5) is 0 Å². The summed E-state index contributed by atoms with van der Waals surface area (Å²) < 4.78 is 3.87. The fraction of sp³-hybridized carbons (Fsp3) is 0.0714. The third kappa shape index (κ3) is 5.11. The predicted octanol–water partition coefficient (Wildman–Crippen LogP) is 15.9. The molecule has 59 heavy (non-hydrogen) atoms. The molecule has 278 valence electrons. The molecule has 0 amide bonds. The van der Waals surface area contributed by atoms with Crippen molar-refractivity contribution in [3.63, 3.8) is 0 Å². The number of aromatic nitrogens is 1. The van der Waals surface area contributed by atoms with Crippen LogP contribution in [-0.2, 0) is 6.42 Å². The van der Waals surface area contributed by atoms with Gasteiger partial charge in [-0.3, -0.25) is 0 Å². The number of fused-ring (bicyclic) bond motifs is 12. The number of nitrogens with zero attached hydrogens (tertiary/aromatic N) is 1. The number of benzene rings is 8. The van der Waals surface area contributed by atoms with Gasteiger partial charge in [-0.2, -0.15) is 0 Å². The molecular weight excluding hydrogens is 751 g/mol. The van der Waals surface area contributed by atoms with Crippen molar-refractivity contribution in [2.75, 3.05) is 0 Å². The van der Waals surface area contributed by atoms with Crippen LogP contribution < -0.4 is 0 Å². The first kappa shape index (κ1) is 33.6. The van der Waals surface area contributed by atoms with E-state index in [1.54, 1.807) is 0 Å². The van der Waals surface area contributed by atoms with Gasteiger partial charge in [0.25, 0.3) is 0 Å². The van der Waals surface area contributed by atoms with Crippen molar-refractivity contribution in [2.24, 2.45) is 0 Å². The molecule has 0 saturated heterocycles. The standard InChI is InChI=1S/C56H37NS2/c1-2-12-39-35(11-1)31-48(43-14-4-3-13-42(39)43)34-23-27-38(28-24-34)57-51-29-25-36(40-17-9-19-46-44-15-5-7-21-53(44)58-55(40)46)32-49(51)50-33-37(26-30-52(50)57)41-18-10-20-47-45-16-6-8-22-54(45)59-56(41)47/h1-7,9-21,23-33,44,53H,8,22H2. The van der Waals surface area contributed by atoms with Gasteiger partial charge in [-0.05, 0) is 121 Å². The van der Waals surface area contributed by atoms with E-state index in [9.17, 15) is 0 Å². The Morgan fingerprint density at radius 1 is 0.525 bits per heavy atom. The van der Waals surface area contributed by atoms with Gasteiger partial charge < -0.3 is 4.57 Å². The van der Waals surface area contributed by atoms with Crippen LogP contribution >= 0.6 is 23.1 Å². The Morgan fingerprint density at radius 3 is 2.07 bits per heavy atom. The van der Waals surface area contributed by atoms with Gasteiger partial charge in [0, 0.05) is 47.5 Å². The molecule has 3 heterocycles. The molecule has 2 unspecified atom stereocenters. The van der Waals surface area contributed by atoms with Crippen LogP contribution in [0.5, 0.6) is 0 Å². The minimum absolute atomic E-state index is 0.435. The molecule has 0 N–H and O–H groups in total. The number of allylic oxidation sites excluding steroid dienone is 4. The molecule has 10 aromatic rings.